The predicted octanol–water partition coefficient (Wildman–Crippen LogP) is 2.72. The van der Waals surface area contributed by atoms with E-state index >= 15 is 0 Å². The number of thiophene rings is 1. The van der Waals surface area contributed by atoms with E-state index in [9.17, 15) is 15.0 Å². The second-order valence-corrected chi connectivity index (χ2v) is 5.20. The first-order valence-corrected chi connectivity index (χ1v) is 6.01. The highest BCUT2D eigenvalue weighted by molar-refractivity contribution is 7.16. The Bertz CT molecular complexity index is 538. The summed E-state index contributed by atoms with van der Waals surface area (Å²) >= 11 is 6.83. The van der Waals surface area contributed by atoms with Crippen LogP contribution in [0, 0.1) is 0 Å². The molecule has 0 saturated carbocycles. The van der Waals surface area contributed by atoms with E-state index in [4.69, 9.17) is 11.6 Å². The Kier molecular flexibility index (Phi) is 3.19. The molecule has 2 rings (SSSR count). The SMILES string of the molecule is O=C(O)[C@@](O)(c1ccccc1)c1ccc(Cl)s1. The minimum Gasteiger partial charge on any atom is -0.479 e. The highest BCUT2D eigenvalue weighted by atomic mass is 35.5. The number of aliphatic carboxylic acids is 1. The van der Waals surface area contributed by atoms with Crippen LogP contribution in [-0.4, -0.2) is 16.2 Å². The van der Waals surface area contributed by atoms with Crippen LogP contribution in [0.2, 0.25) is 4.34 Å². The average Bonchev–Trinajstić information content (AvgIpc) is 2.76. The van der Waals surface area contributed by atoms with Crippen LogP contribution >= 0.6 is 22.9 Å². The summed E-state index contributed by atoms with van der Waals surface area (Å²) in [4.78, 5) is 11.6. The lowest BCUT2D eigenvalue weighted by molar-refractivity contribution is -0.154. The molecule has 5 heteroatoms. The van der Waals surface area contributed by atoms with E-state index in [2.05, 4.69) is 0 Å². The number of halogens is 1. The average molecular weight is 269 g/mol. The molecule has 2 aromatic rings. The van der Waals surface area contributed by atoms with Gasteiger partial charge in [0.25, 0.3) is 0 Å². The van der Waals surface area contributed by atoms with Gasteiger partial charge >= 0.3 is 5.97 Å². The third kappa shape index (κ3) is 2.07. The van der Waals surface area contributed by atoms with Crippen molar-refractivity contribution in [1.82, 2.24) is 0 Å². The van der Waals surface area contributed by atoms with Crippen LogP contribution in [0.5, 0.6) is 0 Å². The van der Waals surface area contributed by atoms with Gasteiger partial charge in [0.2, 0.25) is 5.60 Å². The number of hydrogen-bond acceptors (Lipinski definition) is 3. The molecule has 1 atom stereocenters. The lowest BCUT2D eigenvalue weighted by Gasteiger charge is -2.22. The molecule has 0 unspecified atom stereocenters. The Morgan fingerprint density at radius 2 is 1.82 bits per heavy atom. The zero-order valence-electron chi connectivity index (χ0n) is 8.63. The van der Waals surface area contributed by atoms with Gasteiger partial charge in [-0.1, -0.05) is 41.9 Å². The van der Waals surface area contributed by atoms with E-state index in [1.165, 1.54) is 6.07 Å². The summed E-state index contributed by atoms with van der Waals surface area (Å²) in [7, 11) is 0. The largest absolute Gasteiger partial charge is 0.479 e. The minimum absolute atomic E-state index is 0.293. The fourth-order valence-electron chi connectivity index (χ4n) is 1.56. The van der Waals surface area contributed by atoms with Crippen LogP contribution in [-0.2, 0) is 10.4 Å². The van der Waals surface area contributed by atoms with Crippen LogP contribution in [0.1, 0.15) is 10.4 Å². The molecule has 3 nitrogen and oxygen atoms in total. The minimum atomic E-state index is -2.04. The highest BCUT2D eigenvalue weighted by Gasteiger charge is 2.41. The van der Waals surface area contributed by atoms with Gasteiger partial charge in [-0.25, -0.2) is 4.79 Å². The molecule has 0 amide bonds. The Labute approximate surface area is 107 Å². The normalized spacial score (nSPS) is 14.2. The number of hydrogen-bond donors (Lipinski definition) is 2. The molecule has 0 saturated heterocycles. The van der Waals surface area contributed by atoms with Crippen LogP contribution in [0.25, 0.3) is 0 Å². The van der Waals surface area contributed by atoms with Crippen molar-refractivity contribution in [2.75, 3.05) is 0 Å². The van der Waals surface area contributed by atoms with E-state index in [0.29, 0.717) is 14.8 Å². The first-order chi connectivity index (χ1) is 8.05. The second kappa shape index (κ2) is 4.49. The molecular weight excluding hydrogens is 260 g/mol. The fraction of sp³-hybridized carbons (Fsp3) is 0.0833. The summed E-state index contributed by atoms with van der Waals surface area (Å²) in [5.74, 6) is -1.32. The topological polar surface area (TPSA) is 57.5 Å². The Balaban J connectivity index is 2.58. The van der Waals surface area contributed by atoms with E-state index in [1.54, 1.807) is 36.4 Å². The second-order valence-electron chi connectivity index (χ2n) is 3.49. The molecule has 2 N–H and O–H groups in total. The van der Waals surface area contributed by atoms with Crippen molar-refractivity contribution in [2.24, 2.45) is 0 Å². The van der Waals surface area contributed by atoms with Crippen molar-refractivity contribution >= 4 is 28.9 Å². The van der Waals surface area contributed by atoms with Crippen molar-refractivity contribution in [3.63, 3.8) is 0 Å². The molecule has 0 aliphatic heterocycles. The maximum absolute atomic E-state index is 11.3. The molecule has 0 radical (unpaired) electrons. The summed E-state index contributed by atoms with van der Waals surface area (Å²) in [6.45, 7) is 0. The summed E-state index contributed by atoms with van der Waals surface area (Å²) in [6.07, 6.45) is 0. The van der Waals surface area contributed by atoms with Gasteiger partial charge in [-0.05, 0) is 12.1 Å². The maximum atomic E-state index is 11.3. The van der Waals surface area contributed by atoms with E-state index in [0.717, 1.165) is 11.3 Å². The van der Waals surface area contributed by atoms with Crippen molar-refractivity contribution in [1.29, 1.82) is 0 Å². The monoisotopic (exact) mass is 268 g/mol. The van der Waals surface area contributed by atoms with Gasteiger partial charge in [-0.15, -0.1) is 11.3 Å². The molecule has 0 bridgehead atoms. The molecule has 1 heterocycles. The van der Waals surface area contributed by atoms with Crippen molar-refractivity contribution in [2.45, 2.75) is 5.60 Å². The van der Waals surface area contributed by atoms with Crippen molar-refractivity contribution in [3.8, 4) is 0 Å². The van der Waals surface area contributed by atoms with Gasteiger partial charge in [-0.2, -0.15) is 0 Å². The van der Waals surface area contributed by atoms with Gasteiger partial charge < -0.3 is 10.2 Å². The Morgan fingerprint density at radius 1 is 1.18 bits per heavy atom. The maximum Gasteiger partial charge on any atom is 0.346 e. The standard InChI is InChI=1S/C12H9ClO3S/c13-10-7-6-9(17-10)12(16,11(14)15)8-4-2-1-3-5-8/h1-7,16H,(H,14,15)/t12-/m1/s1. The zero-order chi connectivity index (χ0) is 12.5. The van der Waals surface area contributed by atoms with Gasteiger partial charge in [0.05, 0.1) is 9.21 Å². The Morgan fingerprint density at radius 3 is 2.29 bits per heavy atom. The molecule has 17 heavy (non-hydrogen) atoms. The quantitative estimate of drug-likeness (QED) is 0.900. The third-order valence-corrected chi connectivity index (χ3v) is 3.77. The Hall–Kier alpha value is -1.36. The lowest BCUT2D eigenvalue weighted by Crippen LogP contribution is -2.35. The molecule has 1 aromatic heterocycles. The van der Waals surface area contributed by atoms with Crippen LogP contribution in [0.3, 0.4) is 0 Å². The molecule has 1 aromatic carbocycles. The number of benzene rings is 1. The predicted molar refractivity (Wildman–Crippen MR) is 66.4 cm³/mol. The van der Waals surface area contributed by atoms with Crippen LogP contribution in [0.15, 0.2) is 42.5 Å². The van der Waals surface area contributed by atoms with Gasteiger partial charge in [0, 0.05) is 5.56 Å². The van der Waals surface area contributed by atoms with Crippen LogP contribution < -0.4 is 0 Å². The first-order valence-electron chi connectivity index (χ1n) is 4.82. The smallest absolute Gasteiger partial charge is 0.346 e. The lowest BCUT2D eigenvalue weighted by atomic mass is 9.92. The van der Waals surface area contributed by atoms with E-state index in [1.807, 2.05) is 0 Å². The molecule has 0 fully saturated rings. The summed E-state index contributed by atoms with van der Waals surface area (Å²) < 4.78 is 0.440. The van der Waals surface area contributed by atoms with Crippen LogP contribution in [0.4, 0.5) is 0 Å². The highest BCUT2D eigenvalue weighted by Crippen LogP contribution is 2.36. The third-order valence-electron chi connectivity index (χ3n) is 2.43. The number of carboxylic acids is 1. The van der Waals surface area contributed by atoms with E-state index < -0.39 is 11.6 Å². The zero-order valence-corrected chi connectivity index (χ0v) is 10.2. The number of rotatable bonds is 3. The summed E-state index contributed by atoms with van der Waals surface area (Å²) in [5.41, 5.74) is -1.73. The fourth-order valence-corrected chi connectivity index (χ4v) is 2.71. The number of carboxylic acid groups (broad SMARTS) is 1. The molecule has 0 aliphatic carbocycles. The molecule has 0 spiro atoms. The van der Waals surface area contributed by atoms with Crippen molar-refractivity contribution < 1.29 is 15.0 Å². The summed E-state index contributed by atoms with van der Waals surface area (Å²) in [6, 6.07) is 11.3. The number of carbonyl (C=O) groups is 1. The molecule has 0 aliphatic rings. The summed E-state index contributed by atoms with van der Waals surface area (Å²) in [5, 5.41) is 19.7. The first kappa shape index (κ1) is 12.1. The number of aliphatic hydroxyl groups is 1. The molecular formula is C12H9ClO3S. The van der Waals surface area contributed by atoms with Gasteiger partial charge in [0.1, 0.15) is 0 Å². The van der Waals surface area contributed by atoms with E-state index in [-0.39, 0.29) is 0 Å². The molecule has 88 valence electrons. The van der Waals surface area contributed by atoms with Gasteiger partial charge in [0.15, 0.2) is 0 Å². The van der Waals surface area contributed by atoms with Crippen molar-refractivity contribution in [3.05, 3.63) is 57.2 Å². The van der Waals surface area contributed by atoms with Gasteiger partial charge in [-0.3, -0.25) is 0 Å².